The molecule has 2 amide bonds. The summed E-state index contributed by atoms with van der Waals surface area (Å²) in [7, 11) is 0. The molecule has 0 fully saturated rings. The zero-order valence-electron chi connectivity index (χ0n) is 18.8. The van der Waals surface area contributed by atoms with Crippen molar-refractivity contribution < 1.29 is 18.4 Å². The second-order valence-corrected chi connectivity index (χ2v) is 9.57. The number of nitrogens with one attached hydrogen (secondary N) is 2. The van der Waals surface area contributed by atoms with Crippen LogP contribution in [0.3, 0.4) is 0 Å². The van der Waals surface area contributed by atoms with Gasteiger partial charge in [-0.3, -0.25) is 9.59 Å². The average Bonchev–Trinajstić information content (AvgIpc) is 3.26. The van der Waals surface area contributed by atoms with Gasteiger partial charge in [-0.1, -0.05) is 23.9 Å². The number of thioether (sulfide) groups is 1. The normalized spacial score (nSPS) is 18.4. The van der Waals surface area contributed by atoms with E-state index in [1.807, 2.05) is 20.8 Å². The van der Waals surface area contributed by atoms with Gasteiger partial charge in [-0.25, -0.2) is 9.38 Å². The van der Waals surface area contributed by atoms with Gasteiger partial charge in [0.1, 0.15) is 17.5 Å². The van der Waals surface area contributed by atoms with E-state index in [-0.39, 0.29) is 28.5 Å². The Bertz CT molecular complexity index is 1140. The monoisotopic (exact) mass is 468 g/mol. The Kier molecular flexibility index (Phi) is 7.39. The summed E-state index contributed by atoms with van der Waals surface area (Å²) in [6, 6.07) is 11.4. The van der Waals surface area contributed by atoms with Gasteiger partial charge >= 0.3 is 0 Å². The van der Waals surface area contributed by atoms with E-state index in [2.05, 4.69) is 21.7 Å². The van der Waals surface area contributed by atoms with Crippen LogP contribution in [0.25, 0.3) is 0 Å². The molecule has 0 radical (unpaired) electrons. The van der Waals surface area contributed by atoms with Crippen LogP contribution < -0.4 is 10.6 Å². The summed E-state index contributed by atoms with van der Waals surface area (Å²) < 4.78 is 19.7. The lowest BCUT2D eigenvalue weighted by Crippen LogP contribution is -2.42. The summed E-state index contributed by atoms with van der Waals surface area (Å²) in [5.41, 5.74) is 0.224. The maximum atomic E-state index is 14.1. The maximum Gasteiger partial charge on any atom is 0.254 e. The Morgan fingerprint density at radius 1 is 1.24 bits per heavy atom. The number of para-hydroxylation sites is 1. The third kappa shape index (κ3) is 5.90. The molecule has 9 heteroatoms. The fourth-order valence-corrected chi connectivity index (χ4v) is 4.43. The van der Waals surface area contributed by atoms with Gasteiger partial charge < -0.3 is 15.1 Å². The molecule has 33 heavy (non-hydrogen) atoms. The van der Waals surface area contributed by atoms with Crippen LogP contribution >= 0.6 is 11.8 Å². The van der Waals surface area contributed by atoms with Crippen LogP contribution in [0.5, 0.6) is 0 Å². The summed E-state index contributed by atoms with van der Waals surface area (Å²) in [4.78, 5) is 30.0. The van der Waals surface area contributed by atoms with E-state index in [0.29, 0.717) is 16.5 Å². The van der Waals surface area contributed by atoms with E-state index in [1.54, 1.807) is 25.1 Å². The molecule has 1 aromatic heterocycles. The third-order valence-corrected chi connectivity index (χ3v) is 5.85. The smallest absolute Gasteiger partial charge is 0.254 e. The molecule has 2 heterocycles. The molecule has 1 unspecified atom stereocenters. The molecular formula is C24H25FN4O3S. The van der Waals surface area contributed by atoms with Gasteiger partial charge in [0.05, 0.1) is 40.3 Å². The summed E-state index contributed by atoms with van der Waals surface area (Å²) in [5.74, 6) is -2.47. The molecule has 0 spiro atoms. The van der Waals surface area contributed by atoms with Crippen molar-refractivity contribution in [3.05, 3.63) is 65.5 Å². The minimum atomic E-state index is -0.853. The number of nitrogens with zero attached hydrogens (tertiary/aromatic N) is 2. The van der Waals surface area contributed by atoms with Crippen LogP contribution in [0.1, 0.15) is 39.4 Å². The van der Waals surface area contributed by atoms with Gasteiger partial charge in [0.25, 0.3) is 5.91 Å². The Labute approximate surface area is 196 Å². The number of halogens is 1. The molecule has 0 bridgehead atoms. The molecule has 2 atom stereocenters. The number of nitriles is 1. The third-order valence-electron chi connectivity index (χ3n) is 4.80. The predicted molar refractivity (Wildman–Crippen MR) is 126 cm³/mol. The van der Waals surface area contributed by atoms with E-state index in [0.717, 1.165) is 11.8 Å². The molecule has 3 rings (SSSR count). The molecule has 0 saturated carbocycles. The molecule has 1 aliphatic rings. The minimum absolute atomic E-state index is 0.0255. The van der Waals surface area contributed by atoms with Crippen molar-refractivity contribution in [3.8, 4) is 6.07 Å². The summed E-state index contributed by atoms with van der Waals surface area (Å²) in [6.45, 7) is 7.29. The Hall–Kier alpha value is -3.38. The summed E-state index contributed by atoms with van der Waals surface area (Å²) in [6.07, 6.45) is 1.46. The van der Waals surface area contributed by atoms with E-state index < -0.39 is 23.6 Å². The predicted octanol–water partition coefficient (Wildman–Crippen LogP) is 4.61. The minimum Gasteiger partial charge on any atom is -0.469 e. The number of furan rings is 1. The van der Waals surface area contributed by atoms with E-state index in [4.69, 9.17) is 4.42 Å². The average molecular weight is 469 g/mol. The molecule has 1 aromatic carbocycles. The fourth-order valence-electron chi connectivity index (χ4n) is 3.51. The highest BCUT2D eigenvalue weighted by Gasteiger charge is 2.40. The highest BCUT2D eigenvalue weighted by Crippen LogP contribution is 2.41. The second-order valence-electron chi connectivity index (χ2n) is 8.57. The quantitative estimate of drug-likeness (QED) is 0.666. The van der Waals surface area contributed by atoms with Crippen LogP contribution in [0.4, 0.5) is 10.1 Å². The molecule has 172 valence electrons. The van der Waals surface area contributed by atoms with Crippen LogP contribution in [0.15, 0.2) is 63.3 Å². The van der Waals surface area contributed by atoms with Crippen LogP contribution in [0, 0.1) is 23.1 Å². The number of carbonyl (C=O) groups excluding carboxylic acids is 2. The van der Waals surface area contributed by atoms with Gasteiger partial charge in [0.2, 0.25) is 5.91 Å². The number of benzene rings is 1. The first-order valence-corrected chi connectivity index (χ1v) is 11.3. The van der Waals surface area contributed by atoms with Gasteiger partial charge in [-0.2, -0.15) is 5.26 Å². The number of hydrogen-bond acceptors (Lipinski definition) is 6. The summed E-state index contributed by atoms with van der Waals surface area (Å²) >= 11 is 1.15. The number of hydrogen-bond donors (Lipinski definition) is 2. The Morgan fingerprint density at radius 2 is 1.97 bits per heavy atom. The van der Waals surface area contributed by atoms with E-state index in [9.17, 15) is 19.2 Å². The van der Waals surface area contributed by atoms with Crippen LogP contribution in [-0.4, -0.2) is 28.1 Å². The van der Waals surface area contributed by atoms with Crippen molar-refractivity contribution in [1.29, 1.82) is 5.26 Å². The molecule has 7 nitrogen and oxygen atoms in total. The maximum absolute atomic E-state index is 14.1. The first kappa shape index (κ1) is 24.3. The highest BCUT2D eigenvalue weighted by molar-refractivity contribution is 8.14. The Morgan fingerprint density at radius 3 is 2.58 bits per heavy atom. The standard InChI is InChI=1S/C24H25FN4O3S/c1-14-20(22(31)28-17-9-6-5-8-16(17)25)21(18-10-7-11-32-18)15(12-26)23(27-14)33-13-19(30)29-24(2,3)4/h5-11,15,21H,13H2,1-4H3,(H,28,31)(H,29,30)/t15?,21-/m0/s1. The molecule has 0 saturated heterocycles. The highest BCUT2D eigenvalue weighted by atomic mass is 32.2. The number of rotatable bonds is 5. The lowest BCUT2D eigenvalue weighted by Gasteiger charge is -2.29. The van der Waals surface area contributed by atoms with Gasteiger partial charge in [-0.05, 0) is 52.0 Å². The lowest BCUT2D eigenvalue weighted by molar-refractivity contribution is -0.120. The first-order valence-electron chi connectivity index (χ1n) is 10.3. The van der Waals surface area contributed by atoms with Gasteiger partial charge in [0, 0.05) is 11.2 Å². The van der Waals surface area contributed by atoms with Crippen molar-refractivity contribution in [1.82, 2.24) is 5.32 Å². The molecule has 2 aromatic rings. The summed E-state index contributed by atoms with van der Waals surface area (Å²) in [5, 5.41) is 15.9. The first-order chi connectivity index (χ1) is 15.6. The van der Waals surface area contributed by atoms with Crippen molar-refractivity contribution >= 4 is 34.3 Å². The van der Waals surface area contributed by atoms with Gasteiger partial charge in [-0.15, -0.1) is 0 Å². The second kappa shape index (κ2) is 10.0. The number of allylic oxidation sites excluding steroid dienone is 1. The van der Waals surface area contributed by atoms with Crippen molar-refractivity contribution in [2.45, 2.75) is 39.2 Å². The van der Waals surface area contributed by atoms with Crippen LogP contribution in [-0.2, 0) is 9.59 Å². The van der Waals surface area contributed by atoms with Crippen molar-refractivity contribution in [2.75, 3.05) is 11.1 Å². The van der Waals surface area contributed by atoms with E-state index in [1.165, 1.54) is 24.5 Å². The van der Waals surface area contributed by atoms with Crippen molar-refractivity contribution in [3.63, 3.8) is 0 Å². The van der Waals surface area contributed by atoms with Gasteiger partial charge in [0.15, 0.2) is 0 Å². The molecule has 2 N–H and O–H groups in total. The van der Waals surface area contributed by atoms with E-state index >= 15 is 0 Å². The fraction of sp³-hybridized carbons (Fsp3) is 0.333. The number of anilines is 1. The number of amides is 2. The number of carbonyl (C=O) groups is 2. The topological polar surface area (TPSA) is 107 Å². The zero-order valence-corrected chi connectivity index (χ0v) is 19.6. The van der Waals surface area contributed by atoms with Crippen molar-refractivity contribution in [2.24, 2.45) is 10.9 Å². The molecular weight excluding hydrogens is 443 g/mol. The largest absolute Gasteiger partial charge is 0.469 e. The number of aliphatic imine (C=N–C) groups is 1. The Balaban J connectivity index is 1.95. The molecule has 1 aliphatic heterocycles. The van der Waals surface area contributed by atoms with Crippen LogP contribution in [0.2, 0.25) is 0 Å². The zero-order chi connectivity index (χ0) is 24.2. The lowest BCUT2D eigenvalue weighted by atomic mass is 9.81. The molecule has 0 aliphatic carbocycles. The SMILES string of the molecule is CC1=C(C(=O)Nc2ccccc2F)[C@H](c2ccco2)C(C#N)C(SCC(=O)NC(C)(C)C)=N1.